The first kappa shape index (κ1) is 18.4. The van der Waals surface area contributed by atoms with Gasteiger partial charge in [0.1, 0.15) is 0 Å². The van der Waals surface area contributed by atoms with E-state index in [1.165, 1.54) is 6.42 Å². The molecule has 0 bridgehead atoms. The Kier molecular flexibility index (Phi) is 7.16. The van der Waals surface area contributed by atoms with Gasteiger partial charge in [-0.3, -0.25) is 4.79 Å². The van der Waals surface area contributed by atoms with Crippen LogP contribution in [-0.2, 0) is 4.79 Å². The number of methoxy groups -OCH3 is 1. The number of benzene rings is 1. The molecular formula is C20H29NO3. The van der Waals surface area contributed by atoms with Crippen LogP contribution in [0.1, 0.15) is 51.5 Å². The van der Waals surface area contributed by atoms with Crippen LogP contribution < -0.4 is 9.47 Å². The molecule has 132 valence electrons. The molecule has 4 heteroatoms. The van der Waals surface area contributed by atoms with Crippen molar-refractivity contribution < 1.29 is 14.3 Å². The van der Waals surface area contributed by atoms with Gasteiger partial charge in [0.15, 0.2) is 11.5 Å². The van der Waals surface area contributed by atoms with Crippen LogP contribution in [0.5, 0.6) is 11.5 Å². The summed E-state index contributed by atoms with van der Waals surface area (Å²) in [7, 11) is 1.63. The molecule has 0 radical (unpaired) electrons. The van der Waals surface area contributed by atoms with E-state index in [0.717, 1.165) is 43.5 Å². The van der Waals surface area contributed by atoms with Gasteiger partial charge in [0.05, 0.1) is 13.7 Å². The zero-order valence-corrected chi connectivity index (χ0v) is 15.1. The maximum Gasteiger partial charge on any atom is 0.246 e. The number of ether oxygens (including phenoxy) is 2. The lowest BCUT2D eigenvalue weighted by molar-refractivity contribution is -0.129. The normalized spacial score (nSPS) is 18.0. The topological polar surface area (TPSA) is 38.8 Å². The summed E-state index contributed by atoms with van der Waals surface area (Å²) in [5, 5.41) is 0. The van der Waals surface area contributed by atoms with Gasteiger partial charge in [0, 0.05) is 18.7 Å². The number of amides is 1. The van der Waals surface area contributed by atoms with Crippen molar-refractivity contribution in [2.75, 3.05) is 20.3 Å². The fourth-order valence-electron chi connectivity index (χ4n) is 2.92. The van der Waals surface area contributed by atoms with Crippen LogP contribution >= 0.6 is 0 Å². The smallest absolute Gasteiger partial charge is 0.246 e. The van der Waals surface area contributed by atoms with Gasteiger partial charge < -0.3 is 14.4 Å². The molecule has 1 saturated heterocycles. The third-order valence-electron chi connectivity index (χ3n) is 4.45. The average Bonchev–Trinajstić information content (AvgIpc) is 2.61. The van der Waals surface area contributed by atoms with Gasteiger partial charge in [-0.15, -0.1) is 0 Å². The van der Waals surface area contributed by atoms with Crippen molar-refractivity contribution in [2.24, 2.45) is 0 Å². The second-order valence-corrected chi connectivity index (χ2v) is 6.32. The van der Waals surface area contributed by atoms with E-state index in [9.17, 15) is 4.79 Å². The molecule has 1 aliphatic heterocycles. The zero-order chi connectivity index (χ0) is 17.4. The molecule has 0 aliphatic carbocycles. The average molecular weight is 331 g/mol. The van der Waals surface area contributed by atoms with E-state index in [-0.39, 0.29) is 5.91 Å². The van der Waals surface area contributed by atoms with Crippen molar-refractivity contribution >= 4 is 12.0 Å². The Morgan fingerprint density at radius 3 is 2.88 bits per heavy atom. The van der Waals surface area contributed by atoms with Gasteiger partial charge in [-0.1, -0.05) is 19.4 Å². The number of hydrogen-bond acceptors (Lipinski definition) is 3. The fourth-order valence-corrected chi connectivity index (χ4v) is 2.92. The van der Waals surface area contributed by atoms with E-state index >= 15 is 0 Å². The van der Waals surface area contributed by atoms with E-state index in [1.54, 1.807) is 13.2 Å². The largest absolute Gasteiger partial charge is 0.493 e. The number of piperidine rings is 1. The Morgan fingerprint density at radius 2 is 2.17 bits per heavy atom. The van der Waals surface area contributed by atoms with Gasteiger partial charge in [0.2, 0.25) is 5.91 Å². The zero-order valence-electron chi connectivity index (χ0n) is 15.1. The first-order chi connectivity index (χ1) is 11.7. The monoisotopic (exact) mass is 331 g/mol. The minimum atomic E-state index is 0.0874. The third-order valence-corrected chi connectivity index (χ3v) is 4.45. The lowest BCUT2D eigenvalue weighted by Gasteiger charge is -2.32. The molecule has 1 aromatic carbocycles. The Bertz CT molecular complexity index is 568. The predicted octanol–water partition coefficient (Wildman–Crippen LogP) is 4.29. The summed E-state index contributed by atoms with van der Waals surface area (Å²) in [6, 6.07) is 6.10. The number of carbonyl (C=O) groups excluding carboxylic acids is 1. The van der Waals surface area contributed by atoms with Crippen molar-refractivity contribution in [1.82, 2.24) is 4.90 Å². The molecule has 0 saturated carbocycles. The lowest BCUT2D eigenvalue weighted by atomic mass is 10.0. The highest BCUT2D eigenvalue weighted by molar-refractivity contribution is 5.92. The Balaban J connectivity index is 2.02. The van der Waals surface area contributed by atoms with Gasteiger partial charge >= 0.3 is 0 Å². The van der Waals surface area contributed by atoms with Crippen LogP contribution in [0.25, 0.3) is 6.08 Å². The molecule has 24 heavy (non-hydrogen) atoms. The van der Waals surface area contributed by atoms with E-state index < -0.39 is 0 Å². The van der Waals surface area contributed by atoms with Gasteiger partial charge in [0.25, 0.3) is 0 Å². The Hall–Kier alpha value is -1.97. The molecular weight excluding hydrogens is 302 g/mol. The third kappa shape index (κ3) is 5.02. The molecule has 4 nitrogen and oxygen atoms in total. The van der Waals surface area contributed by atoms with Gasteiger partial charge in [-0.25, -0.2) is 0 Å². The molecule has 0 aromatic heterocycles. The highest BCUT2D eigenvalue weighted by Gasteiger charge is 2.21. The molecule has 0 N–H and O–H groups in total. The second-order valence-electron chi connectivity index (χ2n) is 6.32. The van der Waals surface area contributed by atoms with Crippen LogP contribution in [0.4, 0.5) is 0 Å². The minimum Gasteiger partial charge on any atom is -0.493 e. The minimum absolute atomic E-state index is 0.0874. The van der Waals surface area contributed by atoms with Crippen molar-refractivity contribution in [1.29, 1.82) is 0 Å². The van der Waals surface area contributed by atoms with Crippen molar-refractivity contribution in [3.05, 3.63) is 29.8 Å². The number of nitrogens with zero attached hydrogens (tertiary/aromatic N) is 1. The highest BCUT2D eigenvalue weighted by atomic mass is 16.5. The first-order valence-electron chi connectivity index (χ1n) is 8.95. The Labute approximate surface area is 145 Å². The number of hydrogen-bond donors (Lipinski definition) is 0. The van der Waals surface area contributed by atoms with Crippen LogP contribution in [0.2, 0.25) is 0 Å². The fraction of sp³-hybridized carbons (Fsp3) is 0.550. The predicted molar refractivity (Wildman–Crippen MR) is 97.5 cm³/mol. The van der Waals surface area contributed by atoms with Gasteiger partial charge in [-0.05, 0) is 56.4 Å². The number of rotatable bonds is 7. The maximum atomic E-state index is 12.4. The maximum absolute atomic E-state index is 12.4. The molecule has 1 fully saturated rings. The second kappa shape index (κ2) is 9.36. The van der Waals surface area contributed by atoms with Crippen LogP contribution in [0, 0.1) is 0 Å². The van der Waals surface area contributed by atoms with E-state index in [0.29, 0.717) is 18.4 Å². The van der Waals surface area contributed by atoms with E-state index in [1.807, 2.05) is 29.2 Å². The summed E-state index contributed by atoms with van der Waals surface area (Å²) < 4.78 is 11.1. The number of carbonyl (C=O) groups is 1. The van der Waals surface area contributed by atoms with Crippen molar-refractivity contribution in [3.8, 4) is 11.5 Å². The van der Waals surface area contributed by atoms with Crippen LogP contribution in [0.15, 0.2) is 24.3 Å². The lowest BCUT2D eigenvalue weighted by Crippen LogP contribution is -2.41. The summed E-state index contributed by atoms with van der Waals surface area (Å²) in [6.07, 6.45) is 9.04. The summed E-state index contributed by atoms with van der Waals surface area (Å²) in [5.74, 6) is 1.54. The van der Waals surface area contributed by atoms with Crippen LogP contribution in [0.3, 0.4) is 0 Å². The SMILES string of the molecule is CCCCOc1ccc(C=CC(=O)N2CCCCC2C)cc1OC. The molecule has 0 spiro atoms. The molecule has 1 atom stereocenters. The van der Waals surface area contributed by atoms with Crippen molar-refractivity contribution in [3.63, 3.8) is 0 Å². The molecule has 1 aromatic rings. The summed E-state index contributed by atoms with van der Waals surface area (Å²) in [4.78, 5) is 14.3. The molecule has 1 amide bonds. The first-order valence-corrected chi connectivity index (χ1v) is 8.95. The number of likely N-dealkylation sites (tertiary alicyclic amines) is 1. The number of unbranched alkanes of at least 4 members (excludes halogenated alkanes) is 1. The molecule has 1 unspecified atom stereocenters. The molecule has 2 rings (SSSR count). The van der Waals surface area contributed by atoms with Crippen LogP contribution in [-0.4, -0.2) is 37.1 Å². The quantitative estimate of drug-likeness (QED) is 0.553. The molecule has 1 heterocycles. The highest BCUT2D eigenvalue weighted by Crippen LogP contribution is 2.29. The summed E-state index contributed by atoms with van der Waals surface area (Å²) in [5.41, 5.74) is 0.938. The Morgan fingerprint density at radius 1 is 1.33 bits per heavy atom. The molecule has 1 aliphatic rings. The van der Waals surface area contributed by atoms with E-state index in [2.05, 4.69) is 13.8 Å². The standard InChI is InChI=1S/C20H29NO3/c1-4-5-14-24-18-11-9-17(15-19(18)23-3)10-12-20(22)21-13-7-6-8-16(21)2/h9-12,15-16H,4-8,13-14H2,1-3H3. The van der Waals surface area contributed by atoms with Gasteiger partial charge in [-0.2, -0.15) is 0 Å². The summed E-state index contributed by atoms with van der Waals surface area (Å²) in [6.45, 7) is 5.80. The van der Waals surface area contributed by atoms with Crippen molar-refractivity contribution in [2.45, 2.75) is 52.0 Å². The summed E-state index contributed by atoms with van der Waals surface area (Å²) >= 11 is 0. The van der Waals surface area contributed by atoms with E-state index in [4.69, 9.17) is 9.47 Å².